The molecule has 0 aliphatic carbocycles. The molecule has 0 saturated carbocycles. The van der Waals surface area contributed by atoms with Crippen LogP contribution in [0.15, 0.2) is 103 Å². The molecule has 0 unspecified atom stereocenters. The summed E-state index contributed by atoms with van der Waals surface area (Å²) < 4.78 is 11.0. The number of carbonyl (C=O) groups is 3. The molecule has 1 spiro atoms. The number of hydrogen-bond donors (Lipinski definition) is 1. The fourth-order valence-electron chi connectivity index (χ4n) is 7.11. The molecule has 0 aromatic heterocycles. The summed E-state index contributed by atoms with van der Waals surface area (Å²) in [5.41, 5.74) is 2.55. The first kappa shape index (κ1) is 25.8. The van der Waals surface area contributed by atoms with Crippen molar-refractivity contribution >= 4 is 29.2 Å². The maximum absolute atomic E-state index is 14.8. The summed E-state index contributed by atoms with van der Waals surface area (Å²) in [7, 11) is 3.04. The van der Waals surface area contributed by atoms with Crippen LogP contribution in [0.4, 0.5) is 5.69 Å². The molecule has 0 radical (unpaired) electrons. The van der Waals surface area contributed by atoms with Crippen LogP contribution in [0.2, 0.25) is 0 Å². The van der Waals surface area contributed by atoms with Crippen LogP contribution in [0.25, 0.3) is 6.08 Å². The van der Waals surface area contributed by atoms with Crippen molar-refractivity contribution in [3.05, 3.63) is 131 Å². The third-order valence-corrected chi connectivity index (χ3v) is 8.85. The summed E-state index contributed by atoms with van der Waals surface area (Å²) in [4.78, 5) is 46.0. The van der Waals surface area contributed by atoms with Crippen LogP contribution in [0.1, 0.15) is 43.4 Å². The summed E-state index contributed by atoms with van der Waals surface area (Å²) in [6, 6.07) is 27.6. The number of hydrogen-bond acceptors (Lipinski definition) is 6. The van der Waals surface area contributed by atoms with Crippen molar-refractivity contribution in [2.75, 3.05) is 19.5 Å². The fourth-order valence-corrected chi connectivity index (χ4v) is 7.11. The quantitative estimate of drug-likeness (QED) is 0.308. The zero-order valence-electron chi connectivity index (χ0n) is 23.1. The second-order valence-corrected chi connectivity index (χ2v) is 10.7. The van der Waals surface area contributed by atoms with E-state index in [-0.39, 0.29) is 17.5 Å². The average molecular weight is 557 g/mol. The lowest BCUT2D eigenvalue weighted by atomic mass is 9.62. The van der Waals surface area contributed by atoms with E-state index in [9.17, 15) is 14.4 Å². The molecular formula is C35H28N2O5. The molecule has 0 bridgehead atoms. The molecule has 1 fully saturated rings. The summed E-state index contributed by atoms with van der Waals surface area (Å²) >= 11 is 0. The first-order valence-corrected chi connectivity index (χ1v) is 13.8. The van der Waals surface area contributed by atoms with Crippen LogP contribution in [0.5, 0.6) is 11.5 Å². The Balaban J connectivity index is 1.53. The monoisotopic (exact) mass is 556 g/mol. The highest BCUT2D eigenvalue weighted by Crippen LogP contribution is 2.62. The average Bonchev–Trinajstić information content (AvgIpc) is 3.52. The van der Waals surface area contributed by atoms with Crippen LogP contribution in [0.3, 0.4) is 0 Å². The Hall–Kier alpha value is -5.17. The molecule has 3 aliphatic rings. The van der Waals surface area contributed by atoms with Crippen molar-refractivity contribution in [1.82, 2.24) is 4.90 Å². The zero-order chi connectivity index (χ0) is 29.0. The van der Waals surface area contributed by atoms with Crippen LogP contribution in [0, 0.1) is 5.92 Å². The molecule has 3 heterocycles. The van der Waals surface area contributed by atoms with Gasteiger partial charge < -0.3 is 19.7 Å². The maximum Gasteiger partial charge on any atom is 0.238 e. The molecular weight excluding hydrogens is 528 g/mol. The molecule has 4 aromatic carbocycles. The number of Topliss-reactive ketones (excluding diaryl/α,β-unsaturated/α-hetero) is 2. The van der Waals surface area contributed by atoms with E-state index in [0.29, 0.717) is 33.9 Å². The Morgan fingerprint density at radius 2 is 1.57 bits per heavy atom. The minimum atomic E-state index is -1.38. The molecule has 4 atom stereocenters. The largest absolute Gasteiger partial charge is 0.497 e. The van der Waals surface area contributed by atoms with Crippen molar-refractivity contribution in [2.45, 2.75) is 17.5 Å². The van der Waals surface area contributed by atoms with Gasteiger partial charge in [0.2, 0.25) is 5.91 Å². The number of anilines is 1. The molecule has 3 aliphatic heterocycles. The molecule has 7 rings (SSSR count). The third kappa shape index (κ3) is 3.49. The summed E-state index contributed by atoms with van der Waals surface area (Å²) in [6.45, 7) is 0. The molecule has 7 nitrogen and oxygen atoms in total. The number of ether oxygens (including phenoxy) is 2. The van der Waals surface area contributed by atoms with E-state index in [1.807, 2.05) is 71.8 Å². The predicted octanol–water partition coefficient (Wildman–Crippen LogP) is 5.69. The van der Waals surface area contributed by atoms with E-state index in [1.54, 1.807) is 49.6 Å². The van der Waals surface area contributed by atoms with Crippen molar-refractivity contribution in [3.63, 3.8) is 0 Å². The Labute approximate surface area is 243 Å². The Bertz CT molecular complexity index is 1780. The number of carbonyl (C=O) groups excluding carboxylic acids is 3. The van der Waals surface area contributed by atoms with Gasteiger partial charge in [0, 0.05) is 23.5 Å². The van der Waals surface area contributed by atoms with E-state index >= 15 is 0 Å². The van der Waals surface area contributed by atoms with E-state index in [2.05, 4.69) is 5.32 Å². The van der Waals surface area contributed by atoms with Gasteiger partial charge in [-0.2, -0.15) is 0 Å². The Kier molecular flexibility index (Phi) is 5.97. The van der Waals surface area contributed by atoms with E-state index < -0.39 is 23.4 Å². The second kappa shape index (κ2) is 9.73. The minimum Gasteiger partial charge on any atom is -0.497 e. The van der Waals surface area contributed by atoms with Crippen LogP contribution < -0.4 is 14.8 Å². The number of fused-ring (bicyclic) bond motifs is 6. The maximum atomic E-state index is 14.8. The lowest BCUT2D eigenvalue weighted by Crippen LogP contribution is -2.49. The topological polar surface area (TPSA) is 84.9 Å². The fraction of sp³-hybridized carbons (Fsp3) is 0.171. The molecule has 1 amide bonds. The lowest BCUT2D eigenvalue weighted by Gasteiger charge is -2.38. The van der Waals surface area contributed by atoms with Crippen LogP contribution in [-0.4, -0.2) is 42.6 Å². The van der Waals surface area contributed by atoms with Gasteiger partial charge in [0.25, 0.3) is 0 Å². The third-order valence-electron chi connectivity index (χ3n) is 8.85. The van der Waals surface area contributed by atoms with E-state index in [4.69, 9.17) is 9.47 Å². The number of amides is 1. The number of ketones is 2. The van der Waals surface area contributed by atoms with Gasteiger partial charge in [0.05, 0.1) is 31.7 Å². The highest BCUT2D eigenvalue weighted by atomic mass is 16.5. The van der Waals surface area contributed by atoms with Gasteiger partial charge >= 0.3 is 0 Å². The number of benzene rings is 4. The number of nitrogens with one attached hydrogen (secondary N) is 1. The highest BCUT2D eigenvalue weighted by molar-refractivity contribution is 6.17. The van der Waals surface area contributed by atoms with Gasteiger partial charge in [-0.15, -0.1) is 0 Å². The molecule has 4 aromatic rings. The Morgan fingerprint density at radius 1 is 0.833 bits per heavy atom. The molecule has 1 saturated heterocycles. The number of nitrogens with zero attached hydrogens (tertiary/aromatic N) is 1. The highest BCUT2D eigenvalue weighted by Gasteiger charge is 2.70. The standard InChI is InChI=1S/C35H28N2O5/c1-41-23-16-17-25(28(20-23)42-2)32(39)30-29(31(38)22-11-4-3-5-12-22)35(26-14-8-9-15-27(26)36-34(35)40)33-24-13-7-6-10-21(24)18-19-37(30)33/h3-20,29-30,33H,1-2H3,(H,36,40)/t29-,30-,33-,35+/m1/s1. The van der Waals surface area contributed by atoms with Crippen molar-refractivity contribution in [3.8, 4) is 11.5 Å². The molecule has 1 N–H and O–H groups in total. The van der Waals surface area contributed by atoms with Gasteiger partial charge in [0.1, 0.15) is 23.0 Å². The van der Waals surface area contributed by atoms with Gasteiger partial charge in [-0.25, -0.2) is 0 Å². The number of methoxy groups -OCH3 is 2. The summed E-state index contributed by atoms with van der Waals surface area (Å²) in [5, 5.41) is 3.07. The first-order valence-electron chi connectivity index (χ1n) is 13.8. The smallest absolute Gasteiger partial charge is 0.238 e. The first-order chi connectivity index (χ1) is 20.5. The Morgan fingerprint density at radius 3 is 2.36 bits per heavy atom. The van der Waals surface area contributed by atoms with Gasteiger partial charge in [-0.1, -0.05) is 72.8 Å². The summed E-state index contributed by atoms with van der Waals surface area (Å²) in [5.74, 6) is -1.06. The van der Waals surface area contributed by atoms with E-state index in [1.165, 1.54) is 7.11 Å². The van der Waals surface area contributed by atoms with Crippen LogP contribution >= 0.6 is 0 Å². The lowest BCUT2D eigenvalue weighted by molar-refractivity contribution is -0.122. The van der Waals surface area contributed by atoms with Crippen LogP contribution in [-0.2, 0) is 10.2 Å². The number of para-hydroxylation sites is 1. The van der Waals surface area contributed by atoms with Crippen molar-refractivity contribution < 1.29 is 23.9 Å². The zero-order valence-corrected chi connectivity index (χ0v) is 23.1. The second-order valence-electron chi connectivity index (χ2n) is 10.7. The van der Waals surface area contributed by atoms with Gasteiger partial charge in [-0.3, -0.25) is 14.4 Å². The SMILES string of the molecule is COc1ccc(C(=O)[C@H]2[C@H](C(=O)c3ccccc3)[C@]3(C(=O)Nc4ccccc43)[C@H]3c4ccccc4C=CN23)c(OC)c1. The molecule has 208 valence electrons. The van der Waals surface area contributed by atoms with Gasteiger partial charge in [0.15, 0.2) is 11.6 Å². The summed E-state index contributed by atoms with van der Waals surface area (Å²) in [6.07, 6.45) is 3.80. The van der Waals surface area contributed by atoms with Crippen molar-refractivity contribution in [2.24, 2.45) is 5.92 Å². The normalized spacial score (nSPS) is 23.1. The minimum absolute atomic E-state index is 0.270. The molecule has 7 heteroatoms. The predicted molar refractivity (Wildman–Crippen MR) is 159 cm³/mol. The van der Waals surface area contributed by atoms with Gasteiger partial charge in [-0.05, 0) is 41.0 Å². The van der Waals surface area contributed by atoms with E-state index in [0.717, 1.165) is 11.1 Å². The molecule has 42 heavy (non-hydrogen) atoms. The van der Waals surface area contributed by atoms with Crippen molar-refractivity contribution in [1.29, 1.82) is 0 Å². The number of rotatable bonds is 6.